The van der Waals surface area contributed by atoms with Crippen molar-refractivity contribution in [3.05, 3.63) is 42.0 Å². The summed E-state index contributed by atoms with van der Waals surface area (Å²) in [4.78, 5) is 0. The molecule has 7 heteroatoms. The van der Waals surface area contributed by atoms with Gasteiger partial charge in [-0.15, -0.1) is 0 Å². The normalized spacial score (nSPS) is 13.3. The van der Waals surface area contributed by atoms with E-state index in [2.05, 4.69) is 16.2 Å². The molecule has 0 spiro atoms. The van der Waals surface area contributed by atoms with Crippen LogP contribution in [0.1, 0.15) is 32.3 Å². The Hall–Kier alpha value is -1.67. The van der Waals surface area contributed by atoms with Gasteiger partial charge < -0.3 is 4.74 Å². The molecular formula is C18H27N3O3S. The summed E-state index contributed by atoms with van der Waals surface area (Å²) in [6.45, 7) is 6.84. The van der Waals surface area contributed by atoms with E-state index in [0.717, 1.165) is 22.1 Å². The molecule has 2 aromatic carbocycles. The van der Waals surface area contributed by atoms with Gasteiger partial charge >= 0.3 is 0 Å². The van der Waals surface area contributed by atoms with Crippen molar-refractivity contribution in [2.45, 2.75) is 31.9 Å². The zero-order valence-corrected chi connectivity index (χ0v) is 15.8. The summed E-state index contributed by atoms with van der Waals surface area (Å²) in [5.74, 6) is 6.11. The summed E-state index contributed by atoms with van der Waals surface area (Å²) in [7, 11) is -3.24. The van der Waals surface area contributed by atoms with Gasteiger partial charge in [0, 0.05) is 13.1 Å². The molecule has 6 nitrogen and oxygen atoms in total. The van der Waals surface area contributed by atoms with Gasteiger partial charge in [-0.25, -0.2) is 13.1 Å². The number of hydrogen-bond acceptors (Lipinski definition) is 5. The average molecular weight is 365 g/mol. The number of ether oxygens (including phenoxy) is 1. The van der Waals surface area contributed by atoms with Crippen LogP contribution in [0.2, 0.25) is 0 Å². The third kappa shape index (κ3) is 5.40. The fourth-order valence-electron chi connectivity index (χ4n) is 2.39. The molecule has 4 N–H and O–H groups in total. The Bertz CT molecular complexity index is 806. The summed E-state index contributed by atoms with van der Waals surface area (Å²) in [6, 6.07) is 12.1. The summed E-state index contributed by atoms with van der Waals surface area (Å²) >= 11 is 0. The first-order valence-electron chi connectivity index (χ1n) is 8.42. The Morgan fingerprint density at radius 1 is 1.08 bits per heavy atom. The van der Waals surface area contributed by atoms with Crippen molar-refractivity contribution in [1.82, 2.24) is 10.1 Å². The van der Waals surface area contributed by atoms with Crippen molar-refractivity contribution < 1.29 is 13.2 Å². The van der Waals surface area contributed by atoms with E-state index in [1.165, 1.54) is 0 Å². The summed E-state index contributed by atoms with van der Waals surface area (Å²) in [5.41, 5.74) is 3.65. The number of nitrogens with two attached hydrogens (primary N) is 1. The summed E-state index contributed by atoms with van der Waals surface area (Å²) in [5, 5.41) is 1.75. The fourth-order valence-corrected chi connectivity index (χ4v) is 3.21. The van der Waals surface area contributed by atoms with Crippen LogP contribution in [0.5, 0.6) is 5.75 Å². The van der Waals surface area contributed by atoms with Crippen molar-refractivity contribution in [2.24, 2.45) is 5.84 Å². The molecule has 0 saturated carbocycles. The van der Waals surface area contributed by atoms with Crippen molar-refractivity contribution in [2.75, 3.05) is 19.7 Å². The van der Waals surface area contributed by atoms with Crippen LogP contribution in [-0.4, -0.2) is 33.4 Å². The van der Waals surface area contributed by atoms with Crippen molar-refractivity contribution >= 4 is 20.8 Å². The molecule has 0 aliphatic heterocycles. The Kier molecular flexibility index (Phi) is 6.78. The van der Waals surface area contributed by atoms with Gasteiger partial charge in [0.2, 0.25) is 10.0 Å². The smallest absolute Gasteiger partial charge is 0.213 e. The van der Waals surface area contributed by atoms with Crippen LogP contribution < -0.4 is 20.7 Å². The van der Waals surface area contributed by atoms with Gasteiger partial charge in [0.05, 0.1) is 5.25 Å². The molecule has 0 radical (unpaired) electrons. The molecule has 0 aliphatic carbocycles. The van der Waals surface area contributed by atoms with Gasteiger partial charge in [-0.05, 0) is 48.2 Å². The minimum absolute atomic E-state index is 0.0875. The van der Waals surface area contributed by atoms with Gasteiger partial charge in [0.25, 0.3) is 0 Å². The first-order chi connectivity index (χ1) is 11.8. The average Bonchev–Trinajstić information content (AvgIpc) is 2.59. The molecule has 2 aromatic rings. The highest BCUT2D eigenvalue weighted by atomic mass is 32.2. The van der Waals surface area contributed by atoms with Gasteiger partial charge in [0.1, 0.15) is 12.4 Å². The molecule has 0 bridgehead atoms. The SMILES string of the molecule is CC(CNS(=O)(=O)C(C)C)c1ccc2cc(OCCNN)ccc2c1. The topological polar surface area (TPSA) is 93.5 Å². The van der Waals surface area contributed by atoms with Crippen LogP contribution in [0.15, 0.2) is 36.4 Å². The monoisotopic (exact) mass is 365 g/mol. The quantitative estimate of drug-likeness (QED) is 0.359. The maximum atomic E-state index is 11.9. The Morgan fingerprint density at radius 2 is 1.76 bits per heavy atom. The number of benzene rings is 2. The lowest BCUT2D eigenvalue weighted by Crippen LogP contribution is -2.33. The minimum Gasteiger partial charge on any atom is -0.492 e. The van der Waals surface area contributed by atoms with E-state index in [4.69, 9.17) is 10.6 Å². The van der Waals surface area contributed by atoms with Crippen LogP contribution in [0.25, 0.3) is 10.8 Å². The molecule has 1 atom stereocenters. The number of hydrazine groups is 1. The van der Waals surface area contributed by atoms with Crippen molar-refractivity contribution in [3.63, 3.8) is 0 Å². The second-order valence-corrected chi connectivity index (χ2v) is 8.74. The first kappa shape index (κ1) is 19.7. The molecule has 138 valence electrons. The molecule has 1 unspecified atom stereocenters. The zero-order chi connectivity index (χ0) is 18.4. The molecule has 0 saturated heterocycles. The molecule has 0 fully saturated rings. The highest BCUT2D eigenvalue weighted by Crippen LogP contribution is 2.25. The van der Waals surface area contributed by atoms with E-state index < -0.39 is 15.3 Å². The van der Waals surface area contributed by atoms with Crippen LogP contribution in [0.3, 0.4) is 0 Å². The number of rotatable bonds is 9. The van der Waals surface area contributed by atoms with Gasteiger partial charge in [0.15, 0.2) is 0 Å². The molecule has 0 aliphatic rings. The maximum Gasteiger partial charge on any atom is 0.213 e. The molecule has 25 heavy (non-hydrogen) atoms. The zero-order valence-electron chi connectivity index (χ0n) is 15.0. The third-order valence-electron chi connectivity index (χ3n) is 4.13. The van der Waals surface area contributed by atoms with Crippen molar-refractivity contribution in [1.29, 1.82) is 0 Å². The minimum atomic E-state index is -3.24. The van der Waals surface area contributed by atoms with Gasteiger partial charge in [-0.2, -0.15) is 0 Å². The highest BCUT2D eigenvalue weighted by Gasteiger charge is 2.17. The second kappa shape index (κ2) is 8.62. The fraction of sp³-hybridized carbons (Fsp3) is 0.444. The first-order valence-corrected chi connectivity index (χ1v) is 9.96. The molecule has 2 rings (SSSR count). The van der Waals surface area contributed by atoms with Crippen LogP contribution in [0, 0.1) is 0 Å². The van der Waals surface area contributed by atoms with E-state index in [-0.39, 0.29) is 5.92 Å². The number of nitrogens with one attached hydrogen (secondary N) is 2. The molecule has 0 aromatic heterocycles. The van der Waals surface area contributed by atoms with E-state index in [1.54, 1.807) is 13.8 Å². The third-order valence-corrected chi connectivity index (χ3v) is 5.94. The van der Waals surface area contributed by atoms with Gasteiger partial charge in [-0.3, -0.25) is 11.3 Å². The lowest BCUT2D eigenvalue weighted by Gasteiger charge is -2.16. The van der Waals surface area contributed by atoms with Crippen molar-refractivity contribution in [3.8, 4) is 5.75 Å². The van der Waals surface area contributed by atoms with E-state index in [9.17, 15) is 8.42 Å². The predicted octanol–water partition coefficient (Wildman–Crippen LogP) is 2.11. The lowest BCUT2D eigenvalue weighted by atomic mass is 9.98. The standard InChI is InChI=1S/C18H27N3O3S/c1-13(2)25(22,23)21-12-14(3)15-4-5-17-11-18(24-9-8-20-19)7-6-16(17)10-15/h4-7,10-11,13-14,20-21H,8-9,12,19H2,1-3H3. The summed E-state index contributed by atoms with van der Waals surface area (Å²) < 4.78 is 32.1. The number of sulfonamides is 1. The summed E-state index contributed by atoms with van der Waals surface area (Å²) in [6.07, 6.45) is 0. The predicted molar refractivity (Wildman–Crippen MR) is 102 cm³/mol. The molecule has 0 heterocycles. The lowest BCUT2D eigenvalue weighted by molar-refractivity contribution is 0.315. The van der Waals surface area contributed by atoms with Gasteiger partial charge in [-0.1, -0.05) is 31.2 Å². The maximum absolute atomic E-state index is 11.9. The Balaban J connectivity index is 2.08. The second-order valence-electron chi connectivity index (χ2n) is 6.41. The number of fused-ring (bicyclic) bond motifs is 1. The van der Waals surface area contributed by atoms with Crippen LogP contribution in [0.4, 0.5) is 0 Å². The van der Waals surface area contributed by atoms with Crippen LogP contribution >= 0.6 is 0 Å². The Labute approximate surface area is 149 Å². The van der Waals surface area contributed by atoms with E-state index >= 15 is 0 Å². The molecule has 0 amide bonds. The molecular weight excluding hydrogens is 338 g/mol. The van der Waals surface area contributed by atoms with E-state index in [0.29, 0.717) is 19.7 Å². The highest BCUT2D eigenvalue weighted by molar-refractivity contribution is 7.90. The van der Waals surface area contributed by atoms with Crippen LogP contribution in [-0.2, 0) is 10.0 Å². The Morgan fingerprint density at radius 3 is 2.44 bits per heavy atom. The largest absolute Gasteiger partial charge is 0.492 e. The number of hydrogen-bond donors (Lipinski definition) is 3. The van der Waals surface area contributed by atoms with E-state index in [1.807, 2.05) is 37.3 Å².